The van der Waals surface area contributed by atoms with Crippen LogP contribution in [0.3, 0.4) is 0 Å². The van der Waals surface area contributed by atoms with E-state index in [0.717, 1.165) is 23.1 Å². The number of carbonyl (C=O) groups is 2. The Labute approximate surface area is 183 Å². The largest absolute Gasteiger partial charge is 0.346 e. The number of aryl methyl sites for hydroxylation is 1. The van der Waals surface area contributed by atoms with E-state index >= 15 is 0 Å². The zero-order chi connectivity index (χ0) is 22.1. The number of rotatable bonds is 9. The van der Waals surface area contributed by atoms with Crippen molar-refractivity contribution >= 4 is 17.5 Å². The lowest BCUT2D eigenvalue weighted by atomic mass is 9.90. The molecule has 0 unspecified atom stereocenters. The van der Waals surface area contributed by atoms with Gasteiger partial charge in [-0.1, -0.05) is 98.4 Å². The number of benzene rings is 3. The molecule has 0 aromatic heterocycles. The van der Waals surface area contributed by atoms with Crippen LogP contribution in [-0.4, -0.2) is 18.4 Å². The summed E-state index contributed by atoms with van der Waals surface area (Å²) in [6.07, 6.45) is 0.962. The van der Waals surface area contributed by atoms with Crippen molar-refractivity contribution in [1.29, 1.82) is 0 Å². The monoisotopic (exact) mass is 413 g/mol. The summed E-state index contributed by atoms with van der Waals surface area (Å²) in [6.45, 7) is 5.89. The van der Waals surface area contributed by atoms with Crippen molar-refractivity contribution in [2.75, 3.05) is 6.54 Å². The molecule has 31 heavy (non-hydrogen) atoms. The Morgan fingerprint density at radius 3 is 1.87 bits per heavy atom. The minimum absolute atomic E-state index is 0.149. The highest BCUT2D eigenvalue weighted by atomic mass is 16.2. The maximum Gasteiger partial charge on any atom is 0.257 e. The van der Waals surface area contributed by atoms with E-state index in [1.165, 1.54) is 5.56 Å². The Bertz CT molecular complexity index is 976. The molecule has 0 fully saturated rings. The minimum Gasteiger partial charge on any atom is -0.346 e. The van der Waals surface area contributed by atoms with Gasteiger partial charge in [-0.25, -0.2) is 0 Å². The van der Waals surface area contributed by atoms with Crippen LogP contribution < -0.4 is 16.2 Å². The third-order valence-corrected chi connectivity index (χ3v) is 5.01. The van der Waals surface area contributed by atoms with Crippen LogP contribution in [-0.2, 0) is 16.0 Å². The first kappa shape index (κ1) is 21.8. The van der Waals surface area contributed by atoms with Crippen LogP contribution in [0.1, 0.15) is 35.1 Å². The number of hydrazine groups is 1. The highest BCUT2D eigenvalue weighted by Gasteiger charge is 2.22. The SMILES string of the molecule is C=C(NNC(=O)CNC(=O)C(c1ccccc1)c1ccccc1)c1ccc(CC)cc1. The van der Waals surface area contributed by atoms with Gasteiger partial charge in [0, 0.05) is 0 Å². The maximum atomic E-state index is 12.9. The molecular formula is C26H27N3O2. The van der Waals surface area contributed by atoms with Crippen LogP contribution in [0.15, 0.2) is 91.5 Å². The molecule has 158 valence electrons. The Kier molecular flexibility index (Phi) is 7.60. The summed E-state index contributed by atoms with van der Waals surface area (Å²) in [6, 6.07) is 27.0. The van der Waals surface area contributed by atoms with Gasteiger partial charge in [0.1, 0.15) is 0 Å². The lowest BCUT2D eigenvalue weighted by molar-refractivity contribution is -0.126. The molecule has 5 heteroatoms. The minimum atomic E-state index is -0.491. The molecule has 0 heterocycles. The molecule has 5 nitrogen and oxygen atoms in total. The van der Waals surface area contributed by atoms with E-state index in [4.69, 9.17) is 0 Å². The molecule has 2 amide bonds. The van der Waals surface area contributed by atoms with Gasteiger partial charge in [-0.2, -0.15) is 0 Å². The van der Waals surface area contributed by atoms with Crippen molar-refractivity contribution in [2.24, 2.45) is 0 Å². The normalized spacial score (nSPS) is 10.4. The highest BCUT2D eigenvalue weighted by Crippen LogP contribution is 2.24. The average Bonchev–Trinajstić information content (AvgIpc) is 2.83. The van der Waals surface area contributed by atoms with Crippen LogP contribution in [0.4, 0.5) is 0 Å². The van der Waals surface area contributed by atoms with E-state index in [2.05, 4.69) is 29.7 Å². The summed E-state index contributed by atoms with van der Waals surface area (Å²) in [4.78, 5) is 25.2. The fraction of sp³-hybridized carbons (Fsp3) is 0.154. The molecule has 0 aliphatic rings. The molecule has 0 aliphatic carbocycles. The van der Waals surface area contributed by atoms with Gasteiger partial charge in [0.15, 0.2) is 0 Å². The number of hydrogen-bond acceptors (Lipinski definition) is 3. The van der Waals surface area contributed by atoms with E-state index in [1.807, 2.05) is 84.9 Å². The second-order valence-corrected chi connectivity index (χ2v) is 7.17. The maximum absolute atomic E-state index is 12.9. The van der Waals surface area contributed by atoms with E-state index in [0.29, 0.717) is 5.70 Å². The molecule has 3 N–H and O–H groups in total. The standard InChI is InChI=1S/C26H27N3O2/c1-3-20-14-16-21(17-15-20)19(2)28-29-24(30)18-27-26(31)25(22-10-6-4-7-11-22)23-12-8-5-9-13-23/h4-17,25,28H,2-3,18H2,1H3,(H,27,31)(H,29,30). The number of carbonyl (C=O) groups excluding carboxylic acids is 2. The molecule has 0 bridgehead atoms. The average molecular weight is 414 g/mol. The van der Waals surface area contributed by atoms with Crippen LogP contribution in [0, 0.1) is 0 Å². The Balaban J connectivity index is 1.56. The molecule has 3 aromatic rings. The third kappa shape index (κ3) is 6.06. The van der Waals surface area contributed by atoms with Gasteiger partial charge in [-0.05, 0) is 28.7 Å². The van der Waals surface area contributed by atoms with Gasteiger partial charge >= 0.3 is 0 Å². The molecule has 0 saturated carbocycles. The molecule has 0 aliphatic heterocycles. The van der Waals surface area contributed by atoms with Crippen molar-refractivity contribution < 1.29 is 9.59 Å². The second-order valence-electron chi connectivity index (χ2n) is 7.17. The first-order valence-corrected chi connectivity index (χ1v) is 10.3. The lowest BCUT2D eigenvalue weighted by Gasteiger charge is -2.18. The molecule has 3 rings (SSSR count). The summed E-state index contributed by atoms with van der Waals surface area (Å²) < 4.78 is 0. The van der Waals surface area contributed by atoms with Crippen molar-refractivity contribution in [3.8, 4) is 0 Å². The third-order valence-electron chi connectivity index (χ3n) is 5.01. The zero-order valence-electron chi connectivity index (χ0n) is 17.6. The van der Waals surface area contributed by atoms with Gasteiger partial charge in [-0.15, -0.1) is 0 Å². The van der Waals surface area contributed by atoms with Crippen molar-refractivity contribution in [3.05, 3.63) is 114 Å². The molecule has 0 saturated heterocycles. The summed E-state index contributed by atoms with van der Waals surface area (Å²) in [5, 5.41) is 2.74. The van der Waals surface area contributed by atoms with Crippen molar-refractivity contribution in [1.82, 2.24) is 16.2 Å². The van der Waals surface area contributed by atoms with Gasteiger partial charge < -0.3 is 5.32 Å². The van der Waals surface area contributed by atoms with Gasteiger partial charge in [0.2, 0.25) is 5.91 Å². The zero-order valence-corrected chi connectivity index (χ0v) is 17.6. The van der Waals surface area contributed by atoms with Crippen molar-refractivity contribution in [2.45, 2.75) is 19.3 Å². The molecular weight excluding hydrogens is 386 g/mol. The first-order chi connectivity index (χ1) is 15.1. The Morgan fingerprint density at radius 2 is 1.35 bits per heavy atom. The van der Waals surface area contributed by atoms with Crippen LogP contribution in [0.25, 0.3) is 5.70 Å². The van der Waals surface area contributed by atoms with Gasteiger partial charge in [0.25, 0.3) is 5.91 Å². The van der Waals surface area contributed by atoms with Gasteiger partial charge in [0.05, 0.1) is 18.2 Å². The summed E-state index contributed by atoms with van der Waals surface area (Å²) >= 11 is 0. The van der Waals surface area contributed by atoms with E-state index < -0.39 is 5.92 Å². The predicted octanol–water partition coefficient (Wildman–Crippen LogP) is 3.79. The van der Waals surface area contributed by atoms with E-state index in [9.17, 15) is 9.59 Å². The van der Waals surface area contributed by atoms with Gasteiger partial charge in [-0.3, -0.25) is 20.4 Å². The fourth-order valence-electron chi connectivity index (χ4n) is 3.26. The second kappa shape index (κ2) is 10.8. The lowest BCUT2D eigenvalue weighted by Crippen LogP contribution is -2.44. The molecule has 3 aromatic carbocycles. The number of amides is 2. The smallest absolute Gasteiger partial charge is 0.257 e. The number of hydrogen-bond donors (Lipinski definition) is 3. The van der Waals surface area contributed by atoms with Crippen LogP contribution in [0.5, 0.6) is 0 Å². The molecule has 0 spiro atoms. The number of nitrogens with one attached hydrogen (secondary N) is 3. The van der Waals surface area contributed by atoms with E-state index in [-0.39, 0.29) is 18.4 Å². The summed E-state index contributed by atoms with van der Waals surface area (Å²) in [5.74, 6) is -1.09. The topological polar surface area (TPSA) is 70.2 Å². The Hall–Kier alpha value is -3.86. The van der Waals surface area contributed by atoms with Crippen LogP contribution >= 0.6 is 0 Å². The fourth-order valence-corrected chi connectivity index (χ4v) is 3.26. The van der Waals surface area contributed by atoms with Crippen molar-refractivity contribution in [3.63, 3.8) is 0 Å². The Morgan fingerprint density at radius 1 is 0.806 bits per heavy atom. The first-order valence-electron chi connectivity index (χ1n) is 10.3. The predicted molar refractivity (Wildman–Crippen MR) is 124 cm³/mol. The quantitative estimate of drug-likeness (QED) is 0.468. The summed E-state index contributed by atoms with van der Waals surface area (Å²) in [7, 11) is 0. The molecule has 0 radical (unpaired) electrons. The van der Waals surface area contributed by atoms with Crippen LogP contribution in [0.2, 0.25) is 0 Å². The van der Waals surface area contributed by atoms with E-state index in [1.54, 1.807) is 0 Å². The summed E-state index contributed by atoms with van der Waals surface area (Å²) in [5.41, 5.74) is 9.82. The highest BCUT2D eigenvalue weighted by molar-refractivity contribution is 5.90. The molecule has 0 atom stereocenters.